The van der Waals surface area contributed by atoms with Crippen molar-refractivity contribution >= 4 is 22.8 Å². The van der Waals surface area contributed by atoms with E-state index < -0.39 is 0 Å². The maximum atomic E-state index is 5.83. The second kappa shape index (κ2) is 4.56. The fraction of sp³-hybridized carbons (Fsp3) is 0.636. The van der Waals surface area contributed by atoms with Gasteiger partial charge in [-0.2, -0.15) is 5.10 Å². The number of alkyl halides is 1. The third-order valence-corrected chi connectivity index (χ3v) is 2.96. The van der Waals surface area contributed by atoms with Gasteiger partial charge in [0, 0.05) is 32.9 Å². The van der Waals surface area contributed by atoms with Crippen LogP contribution in [-0.4, -0.2) is 39.4 Å². The molecule has 0 N–H and O–H groups in total. The Labute approximate surface area is 106 Å². The Balaban J connectivity index is 2.72. The summed E-state index contributed by atoms with van der Waals surface area (Å²) in [5, 5.41) is 6.50. The smallest absolute Gasteiger partial charge is 0.178 e. The molecule has 2 rings (SSSR count). The van der Waals surface area contributed by atoms with Crippen LogP contribution in [0.3, 0.4) is 0 Å². The number of hydrogen-bond donors (Lipinski definition) is 0. The summed E-state index contributed by atoms with van der Waals surface area (Å²) in [6.45, 7) is 4.91. The zero-order valence-corrected chi connectivity index (χ0v) is 11.5. The molecule has 0 aliphatic rings. The Morgan fingerprint density at radius 2 is 2.06 bits per heavy atom. The van der Waals surface area contributed by atoms with Gasteiger partial charge >= 0.3 is 0 Å². The van der Waals surface area contributed by atoms with Crippen LogP contribution in [0.25, 0.3) is 11.2 Å². The van der Waals surface area contributed by atoms with Crippen molar-refractivity contribution < 1.29 is 0 Å². The Morgan fingerprint density at radius 3 is 2.59 bits per heavy atom. The summed E-state index contributed by atoms with van der Waals surface area (Å²) in [5.41, 5.74) is 2.99. The Bertz CT molecular complexity index is 525. The number of hydrogen-bond acceptors (Lipinski definition) is 3. The molecule has 0 aliphatic carbocycles. The fourth-order valence-electron chi connectivity index (χ4n) is 2.09. The van der Waals surface area contributed by atoms with Crippen molar-refractivity contribution in [2.75, 3.05) is 25.0 Å². The van der Waals surface area contributed by atoms with Crippen LogP contribution < -0.4 is 5.01 Å². The lowest BCUT2D eigenvalue weighted by atomic mass is 10.4. The lowest BCUT2D eigenvalue weighted by Gasteiger charge is -2.18. The molecule has 0 saturated heterocycles. The van der Waals surface area contributed by atoms with Crippen molar-refractivity contribution in [3.05, 3.63) is 11.5 Å². The van der Waals surface area contributed by atoms with Crippen molar-refractivity contribution in [3.8, 4) is 0 Å². The highest BCUT2D eigenvalue weighted by molar-refractivity contribution is 6.17. The van der Waals surface area contributed by atoms with Crippen LogP contribution >= 0.6 is 11.6 Å². The number of rotatable bonds is 4. The van der Waals surface area contributed by atoms with Gasteiger partial charge in [-0.15, -0.1) is 11.6 Å². The Hall–Kier alpha value is -1.23. The molecule has 5 nitrogen and oxygen atoms in total. The summed E-state index contributed by atoms with van der Waals surface area (Å²) in [4.78, 5) is 4.65. The largest absolute Gasteiger partial charge is 0.316 e. The van der Waals surface area contributed by atoms with E-state index in [4.69, 9.17) is 11.6 Å². The number of fused-ring (bicyclic) bond motifs is 1. The number of nitrogens with zero attached hydrogens (tertiary/aromatic N) is 5. The van der Waals surface area contributed by atoms with Gasteiger partial charge < -0.3 is 5.01 Å². The first-order chi connectivity index (χ1) is 8.10. The summed E-state index contributed by atoms with van der Waals surface area (Å²) in [6, 6.07) is 0. The van der Waals surface area contributed by atoms with Gasteiger partial charge in [0.25, 0.3) is 0 Å². The average molecular weight is 256 g/mol. The molecule has 17 heavy (non-hydrogen) atoms. The Morgan fingerprint density at radius 1 is 1.35 bits per heavy atom. The highest BCUT2D eigenvalue weighted by Crippen LogP contribution is 2.20. The van der Waals surface area contributed by atoms with Gasteiger partial charge in [0.15, 0.2) is 5.65 Å². The summed E-state index contributed by atoms with van der Waals surface area (Å²) in [7, 11) is 4.00. The molecule has 0 amide bonds. The van der Waals surface area contributed by atoms with Crippen molar-refractivity contribution in [2.45, 2.75) is 26.8 Å². The molecule has 0 aliphatic heterocycles. The molecule has 0 saturated carbocycles. The summed E-state index contributed by atoms with van der Waals surface area (Å²) >= 11 is 5.83. The predicted molar refractivity (Wildman–Crippen MR) is 70.4 cm³/mol. The summed E-state index contributed by atoms with van der Waals surface area (Å²) in [5.74, 6) is 1.56. The monoisotopic (exact) mass is 255 g/mol. The molecule has 0 radical (unpaired) electrons. The van der Waals surface area contributed by atoms with Gasteiger partial charge in [0.2, 0.25) is 0 Å². The zero-order valence-electron chi connectivity index (χ0n) is 10.7. The van der Waals surface area contributed by atoms with E-state index in [-0.39, 0.29) is 0 Å². The number of halogens is 1. The summed E-state index contributed by atoms with van der Waals surface area (Å²) < 4.78 is 4.07. The SMILES string of the molecule is CCn1nc(C)c2nc(CCCl)n(N(C)C)c21. The molecular weight excluding hydrogens is 238 g/mol. The second-order valence-corrected chi connectivity index (χ2v) is 4.58. The van der Waals surface area contributed by atoms with Crippen molar-refractivity contribution in [1.29, 1.82) is 0 Å². The number of aromatic nitrogens is 4. The minimum absolute atomic E-state index is 0.575. The average Bonchev–Trinajstić information content (AvgIpc) is 2.77. The van der Waals surface area contributed by atoms with Gasteiger partial charge in [-0.05, 0) is 13.8 Å². The van der Waals surface area contributed by atoms with Gasteiger partial charge in [-0.25, -0.2) is 14.3 Å². The quantitative estimate of drug-likeness (QED) is 0.778. The Kier molecular flexibility index (Phi) is 3.28. The first-order valence-electron chi connectivity index (χ1n) is 5.78. The molecule has 2 heterocycles. The lowest BCUT2D eigenvalue weighted by molar-refractivity contribution is 0.621. The maximum absolute atomic E-state index is 5.83. The standard InChI is InChI=1S/C11H18ClN5/c1-5-16-11-10(8(2)14-16)13-9(6-7-12)17(11)15(3)4/h5-7H2,1-4H3. The van der Waals surface area contributed by atoms with E-state index in [1.165, 1.54) is 0 Å². The van der Waals surface area contributed by atoms with Crippen LogP contribution in [0.4, 0.5) is 0 Å². The minimum Gasteiger partial charge on any atom is -0.316 e. The van der Waals surface area contributed by atoms with Gasteiger partial charge in [0.1, 0.15) is 11.3 Å². The fourth-order valence-corrected chi connectivity index (χ4v) is 2.26. The van der Waals surface area contributed by atoms with E-state index in [1.54, 1.807) is 0 Å². The third-order valence-electron chi connectivity index (χ3n) is 2.77. The zero-order chi connectivity index (χ0) is 12.6. The molecule has 0 spiro atoms. The highest BCUT2D eigenvalue weighted by atomic mass is 35.5. The third kappa shape index (κ3) is 1.88. The van der Waals surface area contributed by atoms with E-state index in [0.29, 0.717) is 5.88 Å². The van der Waals surface area contributed by atoms with E-state index >= 15 is 0 Å². The van der Waals surface area contributed by atoms with E-state index in [2.05, 4.69) is 21.7 Å². The second-order valence-electron chi connectivity index (χ2n) is 4.20. The molecule has 6 heteroatoms. The van der Waals surface area contributed by atoms with Gasteiger partial charge in [0.05, 0.1) is 5.69 Å². The molecule has 94 valence electrons. The highest BCUT2D eigenvalue weighted by Gasteiger charge is 2.18. The van der Waals surface area contributed by atoms with Crippen LogP contribution in [0.2, 0.25) is 0 Å². The van der Waals surface area contributed by atoms with Crippen molar-refractivity contribution in [1.82, 2.24) is 19.4 Å². The summed E-state index contributed by atoms with van der Waals surface area (Å²) in [6.07, 6.45) is 0.761. The topological polar surface area (TPSA) is 38.9 Å². The van der Waals surface area contributed by atoms with Gasteiger partial charge in [-0.1, -0.05) is 0 Å². The number of aryl methyl sites for hydroxylation is 3. The van der Waals surface area contributed by atoms with Crippen LogP contribution in [0.1, 0.15) is 18.4 Å². The molecule has 0 bridgehead atoms. The lowest BCUT2D eigenvalue weighted by Crippen LogP contribution is -2.28. The van der Waals surface area contributed by atoms with E-state index in [9.17, 15) is 0 Å². The van der Waals surface area contributed by atoms with Crippen molar-refractivity contribution in [2.24, 2.45) is 0 Å². The molecule has 2 aromatic heterocycles. The maximum Gasteiger partial charge on any atom is 0.178 e. The minimum atomic E-state index is 0.575. The first kappa shape index (κ1) is 12.2. The normalized spacial score (nSPS) is 11.4. The van der Waals surface area contributed by atoms with Gasteiger partial charge in [-0.3, -0.25) is 0 Å². The molecule has 0 unspecified atom stereocenters. The van der Waals surface area contributed by atoms with Crippen molar-refractivity contribution in [3.63, 3.8) is 0 Å². The van der Waals surface area contributed by atoms with E-state index in [1.807, 2.05) is 30.7 Å². The molecule has 0 fully saturated rings. The molecule has 0 aromatic carbocycles. The van der Waals surface area contributed by atoms with Crippen LogP contribution in [0.15, 0.2) is 0 Å². The first-order valence-corrected chi connectivity index (χ1v) is 6.31. The van der Waals surface area contributed by atoms with Crippen LogP contribution in [0.5, 0.6) is 0 Å². The molecule has 0 atom stereocenters. The van der Waals surface area contributed by atoms with E-state index in [0.717, 1.165) is 35.6 Å². The predicted octanol–water partition coefficient (Wildman–Crippen LogP) is 1.54. The molecular formula is C11H18ClN5. The van der Waals surface area contributed by atoms with Crippen LogP contribution in [0, 0.1) is 6.92 Å². The number of imidazole rings is 1. The molecule has 2 aromatic rings. The van der Waals surface area contributed by atoms with Crippen LogP contribution in [-0.2, 0) is 13.0 Å².